The molecule has 1 aromatic rings. The largest absolute Gasteiger partial charge is 0.494 e. The van der Waals surface area contributed by atoms with Crippen LogP contribution in [0, 0.1) is 0 Å². The number of hydrogen-bond acceptors (Lipinski definition) is 3. The molecule has 0 atom stereocenters. The fourth-order valence-corrected chi connectivity index (χ4v) is 1.57. The molecule has 18 heavy (non-hydrogen) atoms. The van der Waals surface area contributed by atoms with E-state index in [9.17, 15) is 4.79 Å². The summed E-state index contributed by atoms with van der Waals surface area (Å²) in [5, 5.41) is 0. The van der Waals surface area contributed by atoms with Crippen LogP contribution in [0.2, 0.25) is 0 Å². The summed E-state index contributed by atoms with van der Waals surface area (Å²) >= 11 is 0. The Morgan fingerprint density at radius 1 is 1.22 bits per heavy atom. The molecule has 1 amide bonds. The zero-order valence-corrected chi connectivity index (χ0v) is 11.3. The van der Waals surface area contributed by atoms with E-state index in [1.165, 1.54) is 0 Å². The minimum absolute atomic E-state index is 0.0249. The van der Waals surface area contributed by atoms with Crippen molar-refractivity contribution >= 4 is 5.91 Å². The van der Waals surface area contributed by atoms with Crippen molar-refractivity contribution in [3.05, 3.63) is 29.8 Å². The van der Waals surface area contributed by atoms with Gasteiger partial charge in [0.25, 0.3) is 0 Å². The normalized spacial score (nSPS) is 10.2. The lowest BCUT2D eigenvalue weighted by Gasteiger charge is -2.19. The van der Waals surface area contributed by atoms with Gasteiger partial charge in [0.15, 0.2) is 0 Å². The molecular formula is C14H21NO3. The van der Waals surface area contributed by atoms with Crippen LogP contribution in [0.25, 0.3) is 0 Å². The maximum Gasteiger partial charge on any atom is 0.248 e. The van der Waals surface area contributed by atoms with Crippen LogP contribution < -0.4 is 4.74 Å². The summed E-state index contributed by atoms with van der Waals surface area (Å²) < 4.78 is 10.6. The third-order valence-corrected chi connectivity index (χ3v) is 2.54. The summed E-state index contributed by atoms with van der Waals surface area (Å²) in [5.74, 6) is 0.805. The van der Waals surface area contributed by atoms with Crippen LogP contribution >= 0.6 is 0 Å². The number of ether oxygens (including phenoxy) is 2. The predicted molar refractivity (Wildman–Crippen MR) is 70.6 cm³/mol. The Bertz CT molecular complexity index is 379. The van der Waals surface area contributed by atoms with Crippen LogP contribution in [-0.4, -0.2) is 37.7 Å². The van der Waals surface area contributed by atoms with Crippen molar-refractivity contribution in [1.29, 1.82) is 0 Å². The number of nitrogens with zero attached hydrogens (tertiary/aromatic N) is 1. The molecular weight excluding hydrogens is 230 g/mol. The average molecular weight is 251 g/mol. The number of amides is 1. The number of benzene rings is 1. The van der Waals surface area contributed by atoms with E-state index in [4.69, 9.17) is 9.47 Å². The minimum Gasteiger partial charge on any atom is -0.494 e. The second kappa shape index (κ2) is 7.71. The van der Waals surface area contributed by atoms with E-state index in [2.05, 4.69) is 0 Å². The van der Waals surface area contributed by atoms with Crippen molar-refractivity contribution in [3.8, 4) is 5.75 Å². The summed E-state index contributed by atoms with van der Waals surface area (Å²) in [6.07, 6.45) is 0. The standard InChI is InChI=1S/C14H21NO3/c1-4-17-11-14(16)15(3)10-12-8-6-7-9-13(12)18-5-2/h6-9H,4-5,10-11H2,1-3H3. The van der Waals surface area contributed by atoms with Gasteiger partial charge in [-0.15, -0.1) is 0 Å². The SMILES string of the molecule is CCOCC(=O)N(C)Cc1ccccc1OCC. The zero-order chi connectivity index (χ0) is 13.4. The van der Waals surface area contributed by atoms with E-state index in [-0.39, 0.29) is 12.5 Å². The van der Waals surface area contributed by atoms with E-state index in [0.29, 0.717) is 19.8 Å². The first-order valence-electron chi connectivity index (χ1n) is 6.21. The predicted octanol–water partition coefficient (Wildman–Crippen LogP) is 2.08. The lowest BCUT2D eigenvalue weighted by atomic mass is 10.2. The smallest absolute Gasteiger partial charge is 0.248 e. The molecule has 0 fully saturated rings. The van der Waals surface area contributed by atoms with Gasteiger partial charge in [-0.3, -0.25) is 4.79 Å². The number of carbonyl (C=O) groups excluding carboxylic acids is 1. The van der Waals surface area contributed by atoms with Crippen LogP contribution in [0.15, 0.2) is 24.3 Å². The molecule has 0 aliphatic heterocycles. The number of para-hydroxylation sites is 1. The fourth-order valence-electron chi connectivity index (χ4n) is 1.57. The van der Waals surface area contributed by atoms with Crippen molar-refractivity contribution < 1.29 is 14.3 Å². The van der Waals surface area contributed by atoms with Crippen molar-refractivity contribution in [1.82, 2.24) is 4.90 Å². The van der Waals surface area contributed by atoms with E-state index < -0.39 is 0 Å². The first kappa shape index (κ1) is 14.5. The highest BCUT2D eigenvalue weighted by Gasteiger charge is 2.11. The van der Waals surface area contributed by atoms with Gasteiger partial charge in [0.1, 0.15) is 12.4 Å². The molecule has 4 nitrogen and oxygen atoms in total. The lowest BCUT2D eigenvalue weighted by molar-refractivity contribution is -0.135. The van der Waals surface area contributed by atoms with Crippen molar-refractivity contribution in [2.24, 2.45) is 0 Å². The number of hydrogen-bond donors (Lipinski definition) is 0. The Kier molecular flexibility index (Phi) is 6.22. The molecule has 0 N–H and O–H groups in total. The molecule has 0 aliphatic carbocycles. The highest BCUT2D eigenvalue weighted by Crippen LogP contribution is 2.19. The van der Waals surface area contributed by atoms with E-state index in [1.807, 2.05) is 38.1 Å². The van der Waals surface area contributed by atoms with Gasteiger partial charge >= 0.3 is 0 Å². The quantitative estimate of drug-likeness (QED) is 0.744. The molecule has 4 heteroatoms. The summed E-state index contributed by atoms with van der Waals surface area (Å²) in [5.41, 5.74) is 1.01. The number of carbonyl (C=O) groups is 1. The van der Waals surface area contributed by atoms with E-state index in [1.54, 1.807) is 11.9 Å². The summed E-state index contributed by atoms with van der Waals surface area (Å²) in [7, 11) is 1.77. The summed E-state index contributed by atoms with van der Waals surface area (Å²) in [6, 6.07) is 7.75. The van der Waals surface area contributed by atoms with E-state index in [0.717, 1.165) is 11.3 Å². The highest BCUT2D eigenvalue weighted by molar-refractivity contribution is 5.77. The number of rotatable bonds is 7. The van der Waals surface area contributed by atoms with Crippen molar-refractivity contribution in [3.63, 3.8) is 0 Å². The maximum atomic E-state index is 11.7. The molecule has 1 aromatic carbocycles. The molecule has 0 saturated carbocycles. The van der Waals surface area contributed by atoms with Crippen LogP contribution in [-0.2, 0) is 16.1 Å². The van der Waals surface area contributed by atoms with Crippen LogP contribution in [0.3, 0.4) is 0 Å². The van der Waals surface area contributed by atoms with E-state index >= 15 is 0 Å². The molecule has 0 unspecified atom stereocenters. The van der Waals surface area contributed by atoms with Crippen molar-refractivity contribution in [2.45, 2.75) is 20.4 Å². The Morgan fingerprint density at radius 3 is 2.61 bits per heavy atom. The van der Waals surface area contributed by atoms with Gasteiger partial charge in [-0.25, -0.2) is 0 Å². The molecule has 0 aliphatic rings. The molecule has 0 heterocycles. The Morgan fingerprint density at radius 2 is 1.94 bits per heavy atom. The molecule has 0 saturated heterocycles. The van der Waals surface area contributed by atoms with Gasteiger partial charge < -0.3 is 14.4 Å². The van der Waals surface area contributed by atoms with Gasteiger partial charge in [0.05, 0.1) is 6.61 Å². The first-order valence-corrected chi connectivity index (χ1v) is 6.21. The third-order valence-electron chi connectivity index (χ3n) is 2.54. The maximum absolute atomic E-state index is 11.7. The molecule has 0 spiro atoms. The Balaban J connectivity index is 2.63. The minimum atomic E-state index is -0.0249. The van der Waals surface area contributed by atoms with Crippen molar-refractivity contribution in [2.75, 3.05) is 26.9 Å². The molecule has 100 valence electrons. The third kappa shape index (κ3) is 4.37. The van der Waals surface area contributed by atoms with Crippen LogP contribution in [0.1, 0.15) is 19.4 Å². The van der Waals surface area contributed by atoms with Crippen LogP contribution in [0.4, 0.5) is 0 Å². The highest BCUT2D eigenvalue weighted by atomic mass is 16.5. The summed E-state index contributed by atoms with van der Waals surface area (Å²) in [6.45, 7) is 5.65. The topological polar surface area (TPSA) is 38.8 Å². The Labute approximate surface area is 108 Å². The van der Waals surface area contributed by atoms with Gasteiger partial charge in [-0.2, -0.15) is 0 Å². The van der Waals surface area contributed by atoms with Gasteiger partial charge in [0, 0.05) is 25.8 Å². The second-order valence-electron chi connectivity index (χ2n) is 3.93. The molecule has 0 bridgehead atoms. The lowest BCUT2D eigenvalue weighted by Crippen LogP contribution is -2.30. The fraction of sp³-hybridized carbons (Fsp3) is 0.500. The molecule has 1 rings (SSSR count). The Hall–Kier alpha value is -1.55. The van der Waals surface area contributed by atoms with Gasteiger partial charge in [0.2, 0.25) is 5.91 Å². The number of likely N-dealkylation sites (N-methyl/N-ethyl adjacent to an activating group) is 1. The van der Waals surface area contributed by atoms with Gasteiger partial charge in [-0.05, 0) is 19.9 Å². The molecule has 0 radical (unpaired) electrons. The second-order valence-corrected chi connectivity index (χ2v) is 3.93. The molecule has 0 aromatic heterocycles. The van der Waals surface area contributed by atoms with Gasteiger partial charge in [-0.1, -0.05) is 18.2 Å². The zero-order valence-electron chi connectivity index (χ0n) is 11.3. The first-order chi connectivity index (χ1) is 8.69. The monoisotopic (exact) mass is 251 g/mol. The average Bonchev–Trinajstić information content (AvgIpc) is 2.38. The van der Waals surface area contributed by atoms with Crippen LogP contribution in [0.5, 0.6) is 5.75 Å². The summed E-state index contributed by atoms with van der Waals surface area (Å²) in [4.78, 5) is 13.4.